The van der Waals surface area contributed by atoms with Crippen molar-refractivity contribution in [3.8, 4) is 0 Å². The molecule has 2 heterocycles. The lowest BCUT2D eigenvalue weighted by molar-refractivity contribution is -0.140. The highest BCUT2D eigenvalue weighted by molar-refractivity contribution is 8.26. The van der Waals surface area contributed by atoms with Crippen molar-refractivity contribution in [2.75, 3.05) is 6.54 Å². The molecule has 2 saturated heterocycles. The van der Waals surface area contributed by atoms with Crippen LogP contribution in [-0.2, 0) is 14.4 Å². The molecule has 26 heavy (non-hydrogen) atoms. The molecule has 132 valence electrons. The summed E-state index contributed by atoms with van der Waals surface area (Å²) in [4.78, 5) is 47.4. The van der Waals surface area contributed by atoms with Gasteiger partial charge in [-0.05, 0) is 35.0 Å². The molecule has 2 fully saturated rings. The minimum Gasteiger partial charge on any atom is -0.480 e. The summed E-state index contributed by atoms with van der Waals surface area (Å²) in [6.07, 6.45) is 3.22. The number of aliphatic carboxylic acids is 1. The number of carbonyl (C=O) groups excluding carboxylic acids is 3. The fourth-order valence-electron chi connectivity index (χ4n) is 2.18. The summed E-state index contributed by atoms with van der Waals surface area (Å²) in [6.45, 7) is -0.465. The number of amides is 3. The van der Waals surface area contributed by atoms with Crippen LogP contribution in [0, 0.1) is 0 Å². The van der Waals surface area contributed by atoms with Crippen molar-refractivity contribution >= 4 is 75.2 Å². The average molecular weight is 406 g/mol. The first-order valence-electron chi connectivity index (χ1n) is 7.15. The first-order valence-corrected chi connectivity index (χ1v) is 9.20. The predicted octanol–water partition coefficient (Wildman–Crippen LogP) is 2.30. The highest BCUT2D eigenvalue weighted by Gasteiger charge is 2.33. The number of carboxylic acid groups (broad SMARTS) is 1. The van der Waals surface area contributed by atoms with Gasteiger partial charge in [0.1, 0.15) is 10.9 Å². The van der Waals surface area contributed by atoms with Crippen molar-refractivity contribution in [1.82, 2.24) is 10.2 Å². The first-order chi connectivity index (χ1) is 12.3. The molecule has 0 aromatic heterocycles. The number of hydrogen-bond donors (Lipinski definition) is 2. The van der Waals surface area contributed by atoms with E-state index in [0.717, 1.165) is 39.6 Å². The van der Waals surface area contributed by atoms with E-state index in [1.54, 1.807) is 36.4 Å². The number of imide groups is 1. The summed E-state index contributed by atoms with van der Waals surface area (Å²) in [7, 11) is 0. The number of thioether (sulfide) groups is 2. The van der Waals surface area contributed by atoms with Crippen LogP contribution in [0.15, 0.2) is 34.1 Å². The number of carbonyl (C=O) groups is 4. The van der Waals surface area contributed by atoms with Gasteiger partial charge in [-0.2, -0.15) is 0 Å². The number of hydrogen-bond acceptors (Lipinski definition) is 7. The fourth-order valence-corrected chi connectivity index (χ4v) is 4.12. The van der Waals surface area contributed by atoms with E-state index in [1.165, 1.54) is 0 Å². The summed E-state index contributed by atoms with van der Waals surface area (Å²) >= 11 is 6.93. The highest BCUT2D eigenvalue weighted by atomic mass is 32.2. The summed E-state index contributed by atoms with van der Waals surface area (Å²) in [5, 5.41) is 10.6. The number of thiocarbonyl (C=S) groups is 1. The van der Waals surface area contributed by atoms with Gasteiger partial charge in [0.2, 0.25) is 0 Å². The molecular formula is C16H10N2O5S3. The Morgan fingerprint density at radius 1 is 1.08 bits per heavy atom. The zero-order chi connectivity index (χ0) is 18.8. The molecule has 7 nitrogen and oxygen atoms in total. The molecule has 1 aromatic carbocycles. The van der Waals surface area contributed by atoms with E-state index in [2.05, 4.69) is 5.32 Å². The zero-order valence-corrected chi connectivity index (χ0v) is 15.4. The molecule has 0 unspecified atom stereocenters. The quantitative estimate of drug-likeness (QED) is 0.580. The maximum Gasteiger partial charge on any atom is 0.323 e. The lowest BCUT2D eigenvalue weighted by atomic mass is 10.1. The van der Waals surface area contributed by atoms with Gasteiger partial charge in [0.15, 0.2) is 0 Å². The second-order valence-corrected chi connectivity index (χ2v) is 7.87. The fraction of sp³-hybridized carbons (Fsp3) is 0.0625. The lowest BCUT2D eigenvalue weighted by Crippen LogP contribution is -2.33. The van der Waals surface area contributed by atoms with Crippen LogP contribution >= 0.6 is 35.7 Å². The van der Waals surface area contributed by atoms with Gasteiger partial charge in [-0.15, -0.1) is 0 Å². The predicted molar refractivity (Wildman–Crippen MR) is 103 cm³/mol. The van der Waals surface area contributed by atoms with E-state index in [0.29, 0.717) is 9.81 Å². The molecule has 2 aliphatic heterocycles. The minimum atomic E-state index is -1.13. The minimum absolute atomic E-state index is 0.207. The third kappa shape index (κ3) is 4.03. The van der Waals surface area contributed by atoms with Gasteiger partial charge >= 0.3 is 5.97 Å². The Kier molecular flexibility index (Phi) is 5.25. The Hall–Kier alpha value is -2.43. The van der Waals surface area contributed by atoms with E-state index >= 15 is 0 Å². The molecule has 10 heteroatoms. The molecule has 2 aliphatic rings. The Bertz CT molecular complexity index is 905. The Balaban J connectivity index is 1.76. The first kappa shape index (κ1) is 18.4. The van der Waals surface area contributed by atoms with Gasteiger partial charge in [-0.3, -0.25) is 29.4 Å². The van der Waals surface area contributed by atoms with Crippen LogP contribution in [0.3, 0.4) is 0 Å². The standard InChI is InChI=1S/C16H10N2O5S3/c19-12(20)7-18-14(22)11(26-16(18)24)6-9-3-1-8(2-4-9)5-10-13(21)17-15(23)25-10/h1-6H,7H2,(H,19,20)(H,17,21,23)/b10-5+,11-6+. The molecule has 3 amide bonds. The summed E-state index contributed by atoms with van der Waals surface area (Å²) in [5.41, 5.74) is 1.45. The van der Waals surface area contributed by atoms with E-state index in [-0.39, 0.29) is 4.32 Å². The second-order valence-electron chi connectivity index (χ2n) is 5.18. The van der Waals surface area contributed by atoms with Gasteiger partial charge in [-0.25, -0.2) is 0 Å². The van der Waals surface area contributed by atoms with Crippen molar-refractivity contribution in [2.45, 2.75) is 0 Å². The molecule has 2 N–H and O–H groups in total. The SMILES string of the molecule is O=C(O)CN1C(=O)/C(=C\c2ccc(/C=C3/SC(=O)NC3=O)cc2)SC1=S. The van der Waals surface area contributed by atoms with E-state index < -0.39 is 29.6 Å². The molecular weight excluding hydrogens is 396 g/mol. The van der Waals surface area contributed by atoms with Crippen molar-refractivity contribution in [3.05, 3.63) is 45.2 Å². The van der Waals surface area contributed by atoms with Crippen molar-refractivity contribution in [2.24, 2.45) is 0 Å². The third-order valence-electron chi connectivity index (χ3n) is 3.34. The largest absolute Gasteiger partial charge is 0.480 e. The molecule has 0 spiro atoms. The van der Waals surface area contributed by atoms with Crippen LogP contribution in [0.2, 0.25) is 0 Å². The number of carboxylic acids is 1. The van der Waals surface area contributed by atoms with Gasteiger partial charge in [-0.1, -0.05) is 48.2 Å². The summed E-state index contributed by atoms with van der Waals surface area (Å²) in [6, 6.07) is 6.98. The van der Waals surface area contributed by atoms with Crippen LogP contribution in [-0.4, -0.2) is 43.9 Å². The third-order valence-corrected chi connectivity index (χ3v) is 5.53. The van der Waals surface area contributed by atoms with E-state index in [1.807, 2.05) is 0 Å². The zero-order valence-electron chi connectivity index (χ0n) is 12.9. The molecule has 1 aromatic rings. The van der Waals surface area contributed by atoms with Crippen molar-refractivity contribution in [3.63, 3.8) is 0 Å². The molecule has 0 saturated carbocycles. The van der Waals surface area contributed by atoms with Crippen molar-refractivity contribution < 1.29 is 24.3 Å². The molecule has 0 aliphatic carbocycles. The molecule has 3 rings (SSSR count). The monoisotopic (exact) mass is 406 g/mol. The number of rotatable bonds is 4. The van der Waals surface area contributed by atoms with Gasteiger partial charge in [0, 0.05) is 0 Å². The molecule has 0 bridgehead atoms. The van der Waals surface area contributed by atoms with Crippen LogP contribution in [0.4, 0.5) is 4.79 Å². The summed E-state index contributed by atoms with van der Waals surface area (Å²) in [5.74, 6) is -2.00. The molecule has 0 atom stereocenters. The van der Waals surface area contributed by atoms with E-state index in [4.69, 9.17) is 17.3 Å². The number of nitrogens with one attached hydrogen (secondary N) is 1. The average Bonchev–Trinajstić information content (AvgIpc) is 3.02. The Morgan fingerprint density at radius 2 is 1.65 bits per heavy atom. The maximum absolute atomic E-state index is 12.2. The van der Waals surface area contributed by atoms with Crippen LogP contribution < -0.4 is 5.32 Å². The second kappa shape index (κ2) is 7.44. The van der Waals surface area contributed by atoms with Crippen molar-refractivity contribution in [1.29, 1.82) is 0 Å². The van der Waals surface area contributed by atoms with Crippen LogP contribution in [0.1, 0.15) is 11.1 Å². The van der Waals surface area contributed by atoms with Crippen LogP contribution in [0.25, 0.3) is 12.2 Å². The lowest BCUT2D eigenvalue weighted by Gasteiger charge is -2.10. The molecule has 0 radical (unpaired) electrons. The normalized spacial score (nSPS) is 20.4. The maximum atomic E-state index is 12.2. The smallest absolute Gasteiger partial charge is 0.323 e. The number of benzene rings is 1. The highest BCUT2D eigenvalue weighted by Crippen LogP contribution is 2.32. The number of nitrogens with zero attached hydrogens (tertiary/aromatic N) is 1. The van der Waals surface area contributed by atoms with Gasteiger partial charge in [0.05, 0.1) is 9.81 Å². The van der Waals surface area contributed by atoms with E-state index in [9.17, 15) is 19.2 Å². The van der Waals surface area contributed by atoms with Gasteiger partial charge in [0.25, 0.3) is 17.1 Å². The van der Waals surface area contributed by atoms with Crippen LogP contribution in [0.5, 0.6) is 0 Å². The Morgan fingerprint density at radius 3 is 2.15 bits per heavy atom. The Labute approximate surface area is 161 Å². The topological polar surface area (TPSA) is 104 Å². The summed E-state index contributed by atoms with van der Waals surface area (Å²) < 4.78 is 0.207. The van der Waals surface area contributed by atoms with Gasteiger partial charge < -0.3 is 5.11 Å².